The number of hydrogen-bond acceptors (Lipinski definition) is 5. The van der Waals surface area contributed by atoms with Crippen LogP contribution in [0.15, 0.2) is 76.1 Å². The molecule has 1 unspecified atom stereocenters. The minimum atomic E-state index is -0.712. The number of unbranched alkanes of at least 4 members (excludes halogenated alkanes) is 2. The fraction of sp³-hybridized carbons (Fsp3) is 0.222. The van der Waals surface area contributed by atoms with Crippen LogP contribution in [-0.4, -0.2) is 17.5 Å². The standard InChI is InChI=1S/C27H23ClN2O4/c1-2-3-6-14-33-19-9-7-8-17(15-19)24-23-25(31)20-16-18(28)11-12-21(20)34-26(23)27(32)30(24)22-10-4-5-13-29-22/h4-5,7-13,15-16,24H,2-3,6,14H2,1H3. The highest BCUT2D eigenvalue weighted by Gasteiger charge is 2.44. The summed E-state index contributed by atoms with van der Waals surface area (Å²) in [6.45, 7) is 2.75. The largest absolute Gasteiger partial charge is 0.494 e. The summed E-state index contributed by atoms with van der Waals surface area (Å²) in [5.74, 6) is 0.718. The van der Waals surface area contributed by atoms with Gasteiger partial charge in [-0.05, 0) is 54.4 Å². The third kappa shape index (κ3) is 3.94. The van der Waals surface area contributed by atoms with Crippen LogP contribution in [0.25, 0.3) is 11.0 Å². The molecule has 0 bridgehead atoms. The zero-order chi connectivity index (χ0) is 23.7. The second kappa shape index (κ2) is 9.31. The molecule has 6 nitrogen and oxygen atoms in total. The molecule has 7 heteroatoms. The van der Waals surface area contributed by atoms with Crippen molar-refractivity contribution in [1.29, 1.82) is 0 Å². The van der Waals surface area contributed by atoms with E-state index in [1.165, 1.54) is 4.90 Å². The second-order valence-electron chi connectivity index (χ2n) is 8.21. The number of ether oxygens (including phenoxy) is 1. The van der Waals surface area contributed by atoms with Crippen molar-refractivity contribution in [3.05, 3.63) is 99.0 Å². The Labute approximate surface area is 201 Å². The van der Waals surface area contributed by atoms with Crippen molar-refractivity contribution in [2.24, 2.45) is 0 Å². The molecular weight excluding hydrogens is 452 g/mol. The molecule has 0 saturated heterocycles. The number of carbonyl (C=O) groups is 1. The van der Waals surface area contributed by atoms with Gasteiger partial charge < -0.3 is 9.15 Å². The molecule has 1 atom stereocenters. The zero-order valence-electron chi connectivity index (χ0n) is 18.7. The minimum absolute atomic E-state index is 0.0183. The van der Waals surface area contributed by atoms with E-state index in [4.69, 9.17) is 20.8 Å². The van der Waals surface area contributed by atoms with Gasteiger partial charge in [-0.3, -0.25) is 14.5 Å². The number of halogens is 1. The van der Waals surface area contributed by atoms with Gasteiger partial charge >= 0.3 is 0 Å². The van der Waals surface area contributed by atoms with E-state index >= 15 is 0 Å². The lowest BCUT2D eigenvalue weighted by Gasteiger charge is -2.24. The molecule has 172 valence electrons. The highest BCUT2D eigenvalue weighted by Crippen LogP contribution is 2.41. The van der Waals surface area contributed by atoms with Crippen molar-refractivity contribution in [3.63, 3.8) is 0 Å². The number of fused-ring (bicyclic) bond motifs is 2. The van der Waals surface area contributed by atoms with Crippen LogP contribution in [0.2, 0.25) is 5.02 Å². The first-order valence-corrected chi connectivity index (χ1v) is 11.7. The Morgan fingerprint density at radius 3 is 2.74 bits per heavy atom. The number of hydrogen-bond donors (Lipinski definition) is 0. The smallest absolute Gasteiger partial charge is 0.296 e. The Hall–Kier alpha value is -3.64. The highest BCUT2D eigenvalue weighted by atomic mass is 35.5. The number of rotatable bonds is 7. The molecule has 5 rings (SSSR count). The Bertz CT molecular complexity index is 1420. The molecule has 3 heterocycles. The van der Waals surface area contributed by atoms with Crippen LogP contribution in [-0.2, 0) is 0 Å². The summed E-state index contributed by atoms with van der Waals surface area (Å²) >= 11 is 6.16. The molecule has 0 fully saturated rings. The maximum Gasteiger partial charge on any atom is 0.296 e. The van der Waals surface area contributed by atoms with Gasteiger partial charge in [-0.15, -0.1) is 0 Å². The summed E-state index contributed by atoms with van der Waals surface area (Å²) in [5.41, 5.74) is 1.04. The van der Waals surface area contributed by atoms with Gasteiger partial charge in [-0.1, -0.05) is 49.6 Å². The predicted octanol–water partition coefficient (Wildman–Crippen LogP) is 6.16. The summed E-state index contributed by atoms with van der Waals surface area (Å²) in [5, 5.41) is 0.753. The summed E-state index contributed by atoms with van der Waals surface area (Å²) in [6, 6.07) is 16.9. The first-order chi connectivity index (χ1) is 16.6. The van der Waals surface area contributed by atoms with E-state index in [0.29, 0.717) is 34.2 Å². The topological polar surface area (TPSA) is 72.6 Å². The molecule has 0 radical (unpaired) electrons. The lowest BCUT2D eigenvalue weighted by Crippen LogP contribution is -2.30. The van der Waals surface area contributed by atoms with Gasteiger partial charge in [0.05, 0.1) is 23.6 Å². The van der Waals surface area contributed by atoms with Crippen molar-refractivity contribution in [2.75, 3.05) is 11.5 Å². The van der Waals surface area contributed by atoms with Crippen LogP contribution in [0.5, 0.6) is 5.75 Å². The van der Waals surface area contributed by atoms with E-state index in [1.807, 2.05) is 24.3 Å². The highest BCUT2D eigenvalue weighted by molar-refractivity contribution is 6.31. The lowest BCUT2D eigenvalue weighted by atomic mass is 9.98. The van der Waals surface area contributed by atoms with Crippen molar-refractivity contribution < 1.29 is 13.9 Å². The normalized spacial score (nSPS) is 15.1. The molecule has 34 heavy (non-hydrogen) atoms. The second-order valence-corrected chi connectivity index (χ2v) is 8.64. The molecule has 4 aromatic rings. The summed E-state index contributed by atoms with van der Waals surface area (Å²) in [4.78, 5) is 33.1. The first-order valence-electron chi connectivity index (χ1n) is 11.3. The van der Waals surface area contributed by atoms with Gasteiger partial charge in [0, 0.05) is 11.2 Å². The van der Waals surface area contributed by atoms with Crippen LogP contribution >= 0.6 is 11.6 Å². The fourth-order valence-corrected chi connectivity index (χ4v) is 4.48. The molecule has 0 N–H and O–H groups in total. The monoisotopic (exact) mass is 474 g/mol. The van der Waals surface area contributed by atoms with E-state index in [-0.39, 0.29) is 16.8 Å². The third-order valence-electron chi connectivity index (χ3n) is 5.92. The van der Waals surface area contributed by atoms with Gasteiger partial charge in [0.15, 0.2) is 5.43 Å². The van der Waals surface area contributed by atoms with Gasteiger partial charge in [0.1, 0.15) is 17.2 Å². The molecule has 1 aliphatic heterocycles. The lowest BCUT2D eigenvalue weighted by molar-refractivity contribution is 0.0970. The van der Waals surface area contributed by atoms with Gasteiger partial charge in [-0.25, -0.2) is 4.98 Å². The molecule has 2 aromatic carbocycles. The van der Waals surface area contributed by atoms with Crippen LogP contribution in [0.3, 0.4) is 0 Å². The van der Waals surface area contributed by atoms with Crippen LogP contribution in [0, 0.1) is 0 Å². The molecule has 2 aromatic heterocycles. The average Bonchev–Trinajstić information content (AvgIpc) is 3.15. The number of nitrogens with zero attached hydrogens (tertiary/aromatic N) is 2. The van der Waals surface area contributed by atoms with E-state index in [1.54, 1.807) is 42.6 Å². The Morgan fingerprint density at radius 1 is 1.06 bits per heavy atom. The van der Waals surface area contributed by atoms with Crippen molar-refractivity contribution in [2.45, 2.75) is 32.2 Å². The molecule has 0 aliphatic carbocycles. The average molecular weight is 475 g/mol. The Balaban J connectivity index is 1.67. The number of pyridine rings is 1. The van der Waals surface area contributed by atoms with E-state index in [0.717, 1.165) is 24.8 Å². The van der Waals surface area contributed by atoms with Crippen LogP contribution in [0.1, 0.15) is 53.9 Å². The van der Waals surface area contributed by atoms with Gasteiger partial charge in [0.25, 0.3) is 5.91 Å². The number of aromatic nitrogens is 1. The van der Waals surface area contributed by atoms with Crippen LogP contribution < -0.4 is 15.1 Å². The molecule has 0 spiro atoms. The number of amides is 1. The first kappa shape index (κ1) is 22.2. The van der Waals surface area contributed by atoms with E-state index in [9.17, 15) is 9.59 Å². The van der Waals surface area contributed by atoms with E-state index in [2.05, 4.69) is 11.9 Å². The third-order valence-corrected chi connectivity index (χ3v) is 6.15. The predicted molar refractivity (Wildman–Crippen MR) is 132 cm³/mol. The van der Waals surface area contributed by atoms with Crippen molar-refractivity contribution in [1.82, 2.24) is 4.98 Å². The maximum absolute atomic E-state index is 13.7. The number of carbonyl (C=O) groups excluding carboxylic acids is 1. The fourth-order valence-electron chi connectivity index (χ4n) is 4.31. The summed E-state index contributed by atoms with van der Waals surface area (Å²) < 4.78 is 11.9. The number of benzene rings is 2. The molecule has 0 saturated carbocycles. The summed E-state index contributed by atoms with van der Waals surface area (Å²) in [7, 11) is 0. The maximum atomic E-state index is 13.7. The van der Waals surface area contributed by atoms with Gasteiger partial charge in [-0.2, -0.15) is 0 Å². The minimum Gasteiger partial charge on any atom is -0.494 e. The van der Waals surface area contributed by atoms with Crippen molar-refractivity contribution >= 4 is 34.3 Å². The zero-order valence-corrected chi connectivity index (χ0v) is 19.4. The Morgan fingerprint density at radius 2 is 1.94 bits per heavy atom. The molecule has 1 aliphatic rings. The number of anilines is 1. The van der Waals surface area contributed by atoms with Gasteiger partial charge in [0.2, 0.25) is 5.76 Å². The van der Waals surface area contributed by atoms with Crippen molar-refractivity contribution in [3.8, 4) is 5.75 Å². The van der Waals surface area contributed by atoms with Crippen LogP contribution in [0.4, 0.5) is 5.82 Å². The SMILES string of the molecule is CCCCCOc1cccc(C2c3c(oc4ccc(Cl)cc4c3=O)C(=O)N2c2ccccn2)c1. The quantitative estimate of drug-likeness (QED) is 0.300. The molecular formula is C27H23ClN2O4. The van der Waals surface area contributed by atoms with E-state index < -0.39 is 11.9 Å². The Kier molecular flexibility index (Phi) is 6.07. The summed E-state index contributed by atoms with van der Waals surface area (Å²) in [6.07, 6.45) is 4.77. The molecule has 1 amide bonds.